The zero-order chi connectivity index (χ0) is 23.6. The molecule has 0 aliphatic heterocycles. The topological polar surface area (TPSA) is 35.5 Å². The number of halogens is 5. The molecule has 3 nitrogen and oxygen atoms in total. The van der Waals surface area contributed by atoms with Gasteiger partial charge in [0.1, 0.15) is 22.4 Å². The number of carbonyl (C=O) groups is 1. The van der Waals surface area contributed by atoms with Crippen molar-refractivity contribution in [2.45, 2.75) is 20.5 Å². The molecule has 0 spiro atoms. The van der Waals surface area contributed by atoms with Gasteiger partial charge in [-0.15, -0.1) is 11.3 Å². The molecule has 0 aliphatic rings. The minimum atomic E-state index is -0.0514. The molecule has 3 aromatic rings. The van der Waals surface area contributed by atoms with Crippen molar-refractivity contribution in [2.75, 3.05) is 7.11 Å². The highest BCUT2D eigenvalue weighted by Crippen LogP contribution is 2.48. The van der Waals surface area contributed by atoms with Gasteiger partial charge in [0.05, 0.1) is 22.2 Å². The maximum absolute atomic E-state index is 12.5. The minimum absolute atomic E-state index is 0.0514. The summed E-state index contributed by atoms with van der Waals surface area (Å²) in [6, 6.07) is 7.37. The van der Waals surface area contributed by atoms with Gasteiger partial charge in [0.25, 0.3) is 0 Å². The van der Waals surface area contributed by atoms with Gasteiger partial charge < -0.3 is 9.47 Å². The molecule has 0 saturated heterocycles. The predicted octanol–water partition coefficient (Wildman–Crippen LogP) is 9.12. The van der Waals surface area contributed by atoms with E-state index in [0.717, 1.165) is 15.3 Å². The van der Waals surface area contributed by atoms with E-state index < -0.39 is 0 Å². The van der Waals surface area contributed by atoms with Crippen molar-refractivity contribution in [3.8, 4) is 11.5 Å². The fraction of sp³-hybridized carbons (Fsp3) is 0.174. The summed E-state index contributed by atoms with van der Waals surface area (Å²) in [7, 11) is 1.55. The normalized spacial score (nSPS) is 11.2. The van der Waals surface area contributed by atoms with Crippen molar-refractivity contribution in [2.24, 2.45) is 0 Å². The summed E-state index contributed by atoms with van der Waals surface area (Å²) < 4.78 is 11.2. The Kier molecular flexibility index (Phi) is 8.42. The van der Waals surface area contributed by atoms with E-state index in [1.54, 1.807) is 36.7 Å². The maximum Gasteiger partial charge on any atom is 0.186 e. The highest BCUT2D eigenvalue weighted by molar-refractivity contribution is 7.12. The summed E-state index contributed by atoms with van der Waals surface area (Å²) in [4.78, 5) is 14.6. The number of methoxy groups -OCH3 is 1. The third-order valence-electron chi connectivity index (χ3n) is 4.58. The number of ketones is 1. The predicted molar refractivity (Wildman–Crippen MR) is 136 cm³/mol. The average Bonchev–Trinajstić information content (AvgIpc) is 3.12. The first-order valence-electron chi connectivity index (χ1n) is 9.24. The standard InChI is InChI=1S/C23H17Cl5O3S/c1-11-8-15(12(2)32-11)16(29)6-4-13-5-7-17(30-3)14(9-13)10-31-23-21(27)19(25)18(24)20(26)22(23)28/h4-9H,10H2,1-3H3/b6-4+. The molecular formula is C23H17Cl5O3S. The first-order valence-corrected chi connectivity index (χ1v) is 11.9. The van der Waals surface area contributed by atoms with E-state index in [4.69, 9.17) is 67.5 Å². The van der Waals surface area contributed by atoms with Crippen molar-refractivity contribution >= 4 is 81.2 Å². The molecule has 32 heavy (non-hydrogen) atoms. The number of aryl methyl sites for hydroxylation is 2. The Balaban J connectivity index is 1.85. The number of rotatable bonds is 7. The van der Waals surface area contributed by atoms with Crippen molar-refractivity contribution in [3.63, 3.8) is 0 Å². The zero-order valence-corrected chi connectivity index (χ0v) is 21.8. The Bertz CT molecular complexity index is 1190. The third-order valence-corrected chi connectivity index (χ3v) is 7.79. The fourth-order valence-corrected chi connectivity index (χ4v) is 5.17. The van der Waals surface area contributed by atoms with Crippen LogP contribution in [-0.2, 0) is 6.61 Å². The lowest BCUT2D eigenvalue weighted by Gasteiger charge is -2.15. The van der Waals surface area contributed by atoms with Crippen LogP contribution in [0, 0.1) is 13.8 Å². The van der Waals surface area contributed by atoms with Crippen LogP contribution in [-0.4, -0.2) is 12.9 Å². The second kappa shape index (κ2) is 10.7. The first kappa shape index (κ1) is 25.2. The van der Waals surface area contributed by atoms with E-state index in [9.17, 15) is 4.79 Å². The number of hydrogen-bond donors (Lipinski definition) is 0. The summed E-state index contributed by atoms with van der Waals surface area (Å²) in [5.41, 5.74) is 2.22. The maximum atomic E-state index is 12.5. The van der Waals surface area contributed by atoms with Crippen LogP contribution in [0.4, 0.5) is 0 Å². The average molecular weight is 551 g/mol. The highest BCUT2D eigenvalue weighted by atomic mass is 35.5. The van der Waals surface area contributed by atoms with Crippen molar-refractivity contribution in [3.05, 3.63) is 81.9 Å². The lowest BCUT2D eigenvalue weighted by atomic mass is 10.1. The molecular weight excluding hydrogens is 534 g/mol. The SMILES string of the molecule is COc1ccc(/C=C/C(=O)c2cc(C)sc2C)cc1COc1c(Cl)c(Cl)c(Cl)c(Cl)c1Cl. The summed E-state index contributed by atoms with van der Waals surface area (Å²) in [6.45, 7) is 3.98. The van der Waals surface area contributed by atoms with Crippen molar-refractivity contribution in [1.29, 1.82) is 0 Å². The molecule has 0 atom stereocenters. The van der Waals surface area contributed by atoms with Crippen LogP contribution in [0.15, 0.2) is 30.3 Å². The fourth-order valence-electron chi connectivity index (χ4n) is 3.01. The van der Waals surface area contributed by atoms with Crippen LogP contribution in [0.5, 0.6) is 11.5 Å². The molecule has 0 amide bonds. The van der Waals surface area contributed by atoms with Crippen molar-refractivity contribution in [1.82, 2.24) is 0 Å². The molecule has 0 aliphatic carbocycles. The van der Waals surface area contributed by atoms with E-state index >= 15 is 0 Å². The van der Waals surface area contributed by atoms with E-state index in [1.165, 1.54) is 0 Å². The largest absolute Gasteiger partial charge is 0.496 e. The molecule has 9 heteroatoms. The summed E-state index contributed by atoms with van der Waals surface area (Å²) >= 11 is 32.3. The summed E-state index contributed by atoms with van der Waals surface area (Å²) in [6.07, 6.45) is 3.29. The Morgan fingerprint density at radius 1 is 0.969 bits per heavy atom. The van der Waals surface area contributed by atoms with Gasteiger partial charge in [-0.05, 0) is 43.7 Å². The molecule has 1 heterocycles. The van der Waals surface area contributed by atoms with Gasteiger partial charge in [0.2, 0.25) is 0 Å². The second-order valence-corrected chi connectivity index (χ2v) is 10.1. The van der Waals surface area contributed by atoms with Crippen LogP contribution in [0.3, 0.4) is 0 Å². The summed E-state index contributed by atoms with van der Waals surface area (Å²) in [5.74, 6) is 0.662. The van der Waals surface area contributed by atoms with Crippen LogP contribution >= 0.6 is 69.3 Å². The number of ether oxygens (including phenoxy) is 2. The van der Waals surface area contributed by atoms with Crippen LogP contribution in [0.2, 0.25) is 25.1 Å². The molecule has 1 aromatic heterocycles. The van der Waals surface area contributed by atoms with Gasteiger partial charge in [-0.25, -0.2) is 0 Å². The Morgan fingerprint density at radius 3 is 2.16 bits per heavy atom. The van der Waals surface area contributed by atoms with E-state index in [-0.39, 0.29) is 43.3 Å². The van der Waals surface area contributed by atoms with Gasteiger partial charge in [0, 0.05) is 20.9 Å². The zero-order valence-electron chi connectivity index (χ0n) is 17.2. The molecule has 168 valence electrons. The first-order chi connectivity index (χ1) is 15.1. The number of hydrogen-bond acceptors (Lipinski definition) is 4. The minimum Gasteiger partial charge on any atom is -0.496 e. The van der Waals surface area contributed by atoms with Crippen LogP contribution in [0.1, 0.15) is 31.2 Å². The molecule has 0 radical (unpaired) electrons. The number of thiophene rings is 1. The molecule has 3 rings (SSSR count). The monoisotopic (exact) mass is 548 g/mol. The van der Waals surface area contributed by atoms with E-state index in [1.807, 2.05) is 32.0 Å². The third kappa shape index (κ3) is 5.39. The van der Waals surface area contributed by atoms with Crippen LogP contribution in [0.25, 0.3) is 6.08 Å². The molecule has 0 fully saturated rings. The van der Waals surface area contributed by atoms with Gasteiger partial charge in [-0.2, -0.15) is 0 Å². The smallest absolute Gasteiger partial charge is 0.186 e. The quantitative estimate of drug-likeness (QED) is 0.127. The number of carbonyl (C=O) groups excluding carboxylic acids is 1. The summed E-state index contributed by atoms with van der Waals surface area (Å²) in [5, 5.41) is 0.292. The van der Waals surface area contributed by atoms with E-state index in [0.29, 0.717) is 16.9 Å². The molecule has 0 unspecified atom stereocenters. The second-order valence-electron chi connectivity index (χ2n) is 6.78. The molecule has 0 N–H and O–H groups in total. The van der Waals surface area contributed by atoms with Gasteiger partial charge >= 0.3 is 0 Å². The molecule has 0 saturated carbocycles. The highest BCUT2D eigenvalue weighted by Gasteiger charge is 2.21. The number of benzene rings is 2. The van der Waals surface area contributed by atoms with E-state index in [2.05, 4.69) is 0 Å². The Morgan fingerprint density at radius 2 is 1.59 bits per heavy atom. The lowest BCUT2D eigenvalue weighted by molar-refractivity contribution is 0.104. The van der Waals surface area contributed by atoms with Gasteiger partial charge in [-0.3, -0.25) is 4.79 Å². The molecule has 0 bridgehead atoms. The lowest BCUT2D eigenvalue weighted by Crippen LogP contribution is -2.01. The Labute approximate surface area is 215 Å². The van der Waals surface area contributed by atoms with Crippen molar-refractivity contribution < 1.29 is 14.3 Å². The van der Waals surface area contributed by atoms with Gasteiger partial charge in [0.15, 0.2) is 11.5 Å². The van der Waals surface area contributed by atoms with Gasteiger partial charge in [-0.1, -0.05) is 70.1 Å². The van der Waals surface area contributed by atoms with Crippen LogP contribution < -0.4 is 9.47 Å². The Hall–Kier alpha value is -1.40. The molecule has 2 aromatic carbocycles. The number of allylic oxidation sites excluding steroid dienone is 1.